The van der Waals surface area contributed by atoms with Gasteiger partial charge in [-0.2, -0.15) is 0 Å². The zero-order chi connectivity index (χ0) is 13.2. The molecule has 1 aliphatic heterocycles. The van der Waals surface area contributed by atoms with Gasteiger partial charge in [0, 0.05) is 6.42 Å². The molecule has 0 bridgehead atoms. The molecule has 1 aliphatic rings. The number of carbonyl (C=O) groups is 2. The van der Waals surface area contributed by atoms with Gasteiger partial charge in [0.15, 0.2) is 0 Å². The summed E-state index contributed by atoms with van der Waals surface area (Å²) in [6.45, 7) is 2.44. The van der Waals surface area contributed by atoms with Crippen LogP contribution in [0.25, 0.3) is 0 Å². The van der Waals surface area contributed by atoms with Crippen LogP contribution in [0.4, 0.5) is 0 Å². The smallest absolute Gasteiger partial charge is 0.309 e. The fourth-order valence-electron chi connectivity index (χ4n) is 1.79. The Labute approximate surface area is 107 Å². The van der Waals surface area contributed by atoms with Crippen molar-refractivity contribution in [2.24, 2.45) is 11.7 Å². The first-order valence-electron chi connectivity index (χ1n) is 6.47. The van der Waals surface area contributed by atoms with Gasteiger partial charge in [0.1, 0.15) is 13.2 Å². The summed E-state index contributed by atoms with van der Waals surface area (Å²) < 4.78 is 9.97. The number of rotatable bonds is 7. The molecule has 6 heteroatoms. The van der Waals surface area contributed by atoms with Crippen molar-refractivity contribution in [1.82, 2.24) is 5.32 Å². The molecule has 0 atom stereocenters. The zero-order valence-electron chi connectivity index (χ0n) is 10.7. The number of nitrogens with two attached hydrogens (primary N) is 1. The van der Waals surface area contributed by atoms with Gasteiger partial charge in [-0.25, -0.2) is 0 Å². The fourth-order valence-corrected chi connectivity index (χ4v) is 1.79. The Balaban J connectivity index is 2.02. The molecule has 1 fully saturated rings. The average molecular weight is 258 g/mol. The third kappa shape index (κ3) is 5.97. The van der Waals surface area contributed by atoms with Gasteiger partial charge in [-0.3, -0.25) is 9.59 Å². The van der Waals surface area contributed by atoms with E-state index in [9.17, 15) is 9.59 Å². The van der Waals surface area contributed by atoms with Crippen LogP contribution < -0.4 is 11.1 Å². The van der Waals surface area contributed by atoms with E-state index in [1.54, 1.807) is 0 Å². The Morgan fingerprint density at radius 2 is 1.83 bits per heavy atom. The summed E-state index contributed by atoms with van der Waals surface area (Å²) >= 11 is 0. The van der Waals surface area contributed by atoms with Crippen molar-refractivity contribution in [2.45, 2.75) is 25.7 Å². The molecular weight excluding hydrogens is 236 g/mol. The summed E-state index contributed by atoms with van der Waals surface area (Å²) in [6.07, 6.45) is 2.57. The first-order chi connectivity index (χ1) is 8.74. The molecule has 1 rings (SSSR count). The standard InChI is InChI=1S/C12H22N2O4/c13-5-1-2-11(15)17-8-9-18-12(16)10-3-6-14-7-4-10/h10,14H,1-9,13H2. The second kappa shape index (κ2) is 8.88. The summed E-state index contributed by atoms with van der Waals surface area (Å²) in [7, 11) is 0. The van der Waals surface area contributed by atoms with Crippen LogP contribution in [0.15, 0.2) is 0 Å². The Bertz CT molecular complexity index is 265. The molecule has 0 unspecified atom stereocenters. The Morgan fingerprint density at radius 1 is 1.17 bits per heavy atom. The SMILES string of the molecule is NCCCC(=O)OCCOC(=O)C1CCNCC1. The van der Waals surface area contributed by atoms with Crippen molar-refractivity contribution < 1.29 is 19.1 Å². The number of ether oxygens (including phenoxy) is 2. The summed E-state index contributed by atoms with van der Waals surface area (Å²) in [5, 5.41) is 3.18. The lowest BCUT2D eigenvalue weighted by Gasteiger charge is -2.20. The van der Waals surface area contributed by atoms with Crippen LogP contribution in [0, 0.1) is 5.92 Å². The third-order valence-corrected chi connectivity index (χ3v) is 2.85. The maximum Gasteiger partial charge on any atom is 0.309 e. The van der Waals surface area contributed by atoms with Gasteiger partial charge in [0.05, 0.1) is 5.92 Å². The number of carbonyl (C=O) groups excluding carboxylic acids is 2. The number of esters is 2. The van der Waals surface area contributed by atoms with Gasteiger partial charge in [-0.05, 0) is 38.9 Å². The zero-order valence-corrected chi connectivity index (χ0v) is 10.7. The highest BCUT2D eigenvalue weighted by molar-refractivity contribution is 5.72. The first kappa shape index (κ1) is 14.9. The lowest BCUT2D eigenvalue weighted by Crippen LogP contribution is -2.33. The molecular formula is C12H22N2O4. The van der Waals surface area contributed by atoms with Gasteiger partial charge in [0.2, 0.25) is 0 Å². The van der Waals surface area contributed by atoms with E-state index in [1.165, 1.54) is 0 Å². The van der Waals surface area contributed by atoms with Crippen LogP contribution in [0.1, 0.15) is 25.7 Å². The molecule has 0 aromatic heterocycles. The molecule has 0 aromatic carbocycles. The molecule has 6 nitrogen and oxygen atoms in total. The number of hydrogen-bond acceptors (Lipinski definition) is 6. The lowest BCUT2D eigenvalue weighted by molar-refractivity contribution is -0.155. The van der Waals surface area contributed by atoms with Gasteiger partial charge in [-0.15, -0.1) is 0 Å². The van der Waals surface area contributed by atoms with Crippen molar-refractivity contribution >= 4 is 11.9 Å². The highest BCUT2D eigenvalue weighted by atomic mass is 16.6. The van der Waals surface area contributed by atoms with E-state index < -0.39 is 0 Å². The van der Waals surface area contributed by atoms with Crippen LogP contribution in [-0.2, 0) is 19.1 Å². The summed E-state index contributed by atoms with van der Waals surface area (Å²) in [6, 6.07) is 0. The van der Waals surface area contributed by atoms with Crippen LogP contribution >= 0.6 is 0 Å². The van der Waals surface area contributed by atoms with Crippen molar-refractivity contribution in [1.29, 1.82) is 0 Å². The predicted molar refractivity (Wildman–Crippen MR) is 65.8 cm³/mol. The fraction of sp³-hybridized carbons (Fsp3) is 0.833. The van der Waals surface area contributed by atoms with E-state index in [0.717, 1.165) is 25.9 Å². The third-order valence-electron chi connectivity index (χ3n) is 2.85. The maximum atomic E-state index is 11.6. The Morgan fingerprint density at radius 3 is 2.50 bits per heavy atom. The van der Waals surface area contributed by atoms with Crippen molar-refractivity contribution in [3.8, 4) is 0 Å². The van der Waals surface area contributed by atoms with E-state index in [2.05, 4.69) is 5.32 Å². The molecule has 0 amide bonds. The monoisotopic (exact) mass is 258 g/mol. The highest BCUT2D eigenvalue weighted by Crippen LogP contribution is 2.13. The average Bonchev–Trinajstić information content (AvgIpc) is 2.42. The highest BCUT2D eigenvalue weighted by Gasteiger charge is 2.22. The molecule has 1 saturated heterocycles. The number of nitrogens with one attached hydrogen (secondary N) is 1. The minimum absolute atomic E-state index is 0.0146. The minimum atomic E-state index is -0.293. The quantitative estimate of drug-likeness (QED) is 0.486. The minimum Gasteiger partial charge on any atom is -0.462 e. The van der Waals surface area contributed by atoms with Crippen molar-refractivity contribution in [2.75, 3.05) is 32.8 Å². The summed E-state index contributed by atoms with van der Waals surface area (Å²) in [5.74, 6) is -0.493. The van der Waals surface area contributed by atoms with Gasteiger partial charge < -0.3 is 20.5 Å². The van der Waals surface area contributed by atoms with Crippen molar-refractivity contribution in [3.63, 3.8) is 0 Å². The van der Waals surface area contributed by atoms with E-state index in [0.29, 0.717) is 19.4 Å². The van der Waals surface area contributed by atoms with E-state index in [1.807, 2.05) is 0 Å². The molecule has 1 heterocycles. The molecule has 18 heavy (non-hydrogen) atoms. The van der Waals surface area contributed by atoms with Crippen molar-refractivity contribution in [3.05, 3.63) is 0 Å². The largest absolute Gasteiger partial charge is 0.462 e. The number of piperidine rings is 1. The topological polar surface area (TPSA) is 90.7 Å². The van der Waals surface area contributed by atoms with Crippen LogP contribution in [0.3, 0.4) is 0 Å². The molecule has 0 saturated carbocycles. The maximum absolute atomic E-state index is 11.6. The van der Waals surface area contributed by atoms with Gasteiger partial charge >= 0.3 is 11.9 Å². The second-order valence-electron chi connectivity index (χ2n) is 4.30. The van der Waals surface area contributed by atoms with Gasteiger partial charge in [-0.1, -0.05) is 0 Å². The number of hydrogen-bond donors (Lipinski definition) is 2. The van der Waals surface area contributed by atoms with E-state index in [-0.39, 0.29) is 31.1 Å². The normalized spacial score (nSPS) is 16.3. The van der Waals surface area contributed by atoms with Crippen LogP contribution in [-0.4, -0.2) is 44.8 Å². The molecule has 3 N–H and O–H groups in total. The van der Waals surface area contributed by atoms with E-state index in [4.69, 9.17) is 15.2 Å². The molecule has 0 radical (unpaired) electrons. The van der Waals surface area contributed by atoms with Crippen LogP contribution in [0.2, 0.25) is 0 Å². The Kier molecular flexibility index (Phi) is 7.36. The van der Waals surface area contributed by atoms with Crippen LogP contribution in [0.5, 0.6) is 0 Å². The predicted octanol–water partition coefficient (Wildman–Crippen LogP) is -0.189. The Hall–Kier alpha value is -1.14. The summed E-state index contributed by atoms with van der Waals surface area (Å²) in [4.78, 5) is 22.7. The van der Waals surface area contributed by atoms with E-state index >= 15 is 0 Å². The molecule has 0 spiro atoms. The second-order valence-corrected chi connectivity index (χ2v) is 4.30. The first-order valence-corrected chi connectivity index (χ1v) is 6.47. The molecule has 0 aliphatic carbocycles. The molecule has 0 aromatic rings. The summed E-state index contributed by atoms with van der Waals surface area (Å²) in [5.41, 5.74) is 5.27. The van der Waals surface area contributed by atoms with Gasteiger partial charge in [0.25, 0.3) is 0 Å². The molecule has 104 valence electrons. The lowest BCUT2D eigenvalue weighted by atomic mass is 9.99.